The third-order valence-electron chi connectivity index (χ3n) is 5.19. The fourth-order valence-corrected chi connectivity index (χ4v) is 3.94. The molecular formula is C22H24BN6O2S. The first-order valence-electron chi connectivity index (χ1n) is 10.3. The van der Waals surface area contributed by atoms with Gasteiger partial charge in [0.2, 0.25) is 0 Å². The van der Waals surface area contributed by atoms with Crippen LogP contribution in [-0.2, 0) is 4.65 Å². The largest absolute Gasteiger partial charge is 0.427 e. The Morgan fingerprint density at radius 1 is 1.09 bits per heavy atom. The van der Waals surface area contributed by atoms with Gasteiger partial charge in [-0.25, -0.2) is 9.97 Å². The van der Waals surface area contributed by atoms with Gasteiger partial charge in [-0.15, -0.1) is 11.8 Å². The van der Waals surface area contributed by atoms with E-state index < -0.39 is 0 Å². The van der Waals surface area contributed by atoms with Gasteiger partial charge in [-0.05, 0) is 30.5 Å². The number of hydrogen-bond acceptors (Lipinski definition) is 8. The molecule has 1 aromatic carbocycles. The first kappa shape index (κ1) is 22.3. The minimum absolute atomic E-state index is 0.296. The summed E-state index contributed by atoms with van der Waals surface area (Å²) in [4.78, 5) is 31.5. The van der Waals surface area contributed by atoms with Crippen LogP contribution < -0.4 is 10.2 Å². The third-order valence-corrected chi connectivity index (χ3v) is 5.94. The standard InChI is InChI=1S/C22H24BN6O2S/c1-31-23-29-13-11-28(12-14-29)20-8-9-24-15-19(20)27-22(30)18-7-10-25-21(26-18)16-3-5-17(32-2)6-4-16/h3-10,15H,11-14H2,1-2H3,(H,27,30). The van der Waals surface area contributed by atoms with Gasteiger partial charge < -0.3 is 19.7 Å². The van der Waals surface area contributed by atoms with Crippen LogP contribution in [0.1, 0.15) is 10.5 Å². The normalized spacial score (nSPS) is 14.2. The molecule has 1 radical (unpaired) electrons. The molecule has 8 nitrogen and oxygen atoms in total. The van der Waals surface area contributed by atoms with Crippen molar-refractivity contribution < 1.29 is 9.45 Å². The van der Waals surface area contributed by atoms with Gasteiger partial charge in [0.05, 0.1) is 17.6 Å². The predicted molar refractivity (Wildman–Crippen MR) is 128 cm³/mol. The number of nitrogens with one attached hydrogen (secondary N) is 1. The predicted octanol–water partition coefficient (Wildman–Crippen LogP) is 2.82. The Labute approximate surface area is 192 Å². The molecule has 0 saturated carbocycles. The summed E-state index contributed by atoms with van der Waals surface area (Å²) < 4.78 is 5.10. The van der Waals surface area contributed by atoms with Crippen LogP contribution in [0.15, 0.2) is 59.9 Å². The van der Waals surface area contributed by atoms with Crippen molar-refractivity contribution in [3.8, 4) is 11.4 Å². The summed E-state index contributed by atoms with van der Waals surface area (Å²) in [6, 6.07) is 11.5. The monoisotopic (exact) mass is 447 g/mol. The zero-order valence-corrected chi connectivity index (χ0v) is 18.9. The molecule has 0 bridgehead atoms. The van der Waals surface area contributed by atoms with Gasteiger partial charge in [0, 0.05) is 56.1 Å². The number of amides is 1. The van der Waals surface area contributed by atoms with Crippen LogP contribution in [0.2, 0.25) is 0 Å². The molecule has 1 amide bonds. The quantitative estimate of drug-likeness (QED) is 0.438. The van der Waals surface area contributed by atoms with Crippen LogP contribution in [0.5, 0.6) is 0 Å². The first-order valence-corrected chi connectivity index (χ1v) is 11.5. The Kier molecular flexibility index (Phi) is 7.36. The number of rotatable bonds is 7. The fourth-order valence-electron chi connectivity index (χ4n) is 3.53. The van der Waals surface area contributed by atoms with E-state index in [1.807, 2.05) is 36.6 Å². The Hall–Kier alpha value is -2.95. The van der Waals surface area contributed by atoms with Crippen molar-refractivity contribution in [2.45, 2.75) is 4.90 Å². The van der Waals surface area contributed by atoms with Crippen molar-refractivity contribution in [3.05, 3.63) is 60.7 Å². The molecule has 3 aromatic rings. The highest BCUT2D eigenvalue weighted by molar-refractivity contribution is 7.98. The number of hydrogen-bond donors (Lipinski definition) is 1. The number of pyridine rings is 1. The van der Waals surface area contributed by atoms with Crippen LogP contribution >= 0.6 is 11.8 Å². The van der Waals surface area contributed by atoms with Crippen LogP contribution in [0.4, 0.5) is 11.4 Å². The maximum absolute atomic E-state index is 13.0. The van der Waals surface area contributed by atoms with Gasteiger partial charge in [0.15, 0.2) is 5.82 Å². The van der Waals surface area contributed by atoms with Crippen LogP contribution in [0.25, 0.3) is 11.4 Å². The van der Waals surface area contributed by atoms with Crippen molar-refractivity contribution in [3.63, 3.8) is 0 Å². The molecule has 0 spiro atoms. The first-order chi connectivity index (χ1) is 15.7. The van der Waals surface area contributed by atoms with E-state index in [1.54, 1.807) is 51.1 Å². The molecule has 1 aliphatic rings. The second-order valence-electron chi connectivity index (χ2n) is 7.21. The SMILES string of the molecule is CO[B]N1CCN(c2ccncc2NC(=O)c2ccnc(-c3ccc(SC)cc3)n2)CC1. The van der Waals surface area contributed by atoms with Gasteiger partial charge in [-0.3, -0.25) is 9.78 Å². The molecule has 0 aliphatic carbocycles. The van der Waals surface area contributed by atoms with Crippen molar-refractivity contribution >= 4 is 36.7 Å². The summed E-state index contributed by atoms with van der Waals surface area (Å²) in [6.45, 7) is 3.31. The number of anilines is 2. The molecular weight excluding hydrogens is 423 g/mol. The molecule has 163 valence electrons. The van der Waals surface area contributed by atoms with Crippen LogP contribution in [0, 0.1) is 0 Å². The number of thioether (sulfide) groups is 1. The van der Waals surface area contributed by atoms with Crippen molar-refractivity contribution in [1.82, 2.24) is 19.8 Å². The molecule has 10 heteroatoms. The summed E-state index contributed by atoms with van der Waals surface area (Å²) >= 11 is 1.67. The summed E-state index contributed by atoms with van der Waals surface area (Å²) in [5, 5.41) is 2.97. The second-order valence-corrected chi connectivity index (χ2v) is 8.08. The van der Waals surface area contributed by atoms with Gasteiger partial charge >= 0.3 is 7.62 Å². The van der Waals surface area contributed by atoms with Gasteiger partial charge in [0.25, 0.3) is 5.91 Å². The number of benzene rings is 1. The van der Waals surface area contributed by atoms with E-state index in [-0.39, 0.29) is 5.91 Å². The van der Waals surface area contributed by atoms with Crippen molar-refractivity contribution in [1.29, 1.82) is 0 Å². The summed E-state index contributed by atoms with van der Waals surface area (Å²) in [7, 11) is 3.40. The van der Waals surface area contributed by atoms with E-state index in [0.29, 0.717) is 17.2 Å². The Morgan fingerprint density at radius 2 is 1.88 bits per heavy atom. The number of piperazine rings is 1. The molecule has 32 heavy (non-hydrogen) atoms. The van der Waals surface area contributed by atoms with E-state index in [1.165, 1.54) is 0 Å². The number of nitrogens with zero attached hydrogens (tertiary/aromatic N) is 5. The number of carbonyl (C=O) groups is 1. The van der Waals surface area contributed by atoms with Crippen molar-refractivity contribution in [2.75, 3.05) is 49.8 Å². The Morgan fingerprint density at radius 3 is 2.59 bits per heavy atom. The third kappa shape index (κ3) is 5.27. The Balaban J connectivity index is 1.49. The fraction of sp³-hybridized carbons (Fsp3) is 0.273. The highest BCUT2D eigenvalue weighted by atomic mass is 32.2. The van der Waals surface area contributed by atoms with Gasteiger partial charge in [-0.2, -0.15) is 0 Å². The second kappa shape index (κ2) is 10.6. The molecule has 1 fully saturated rings. The van der Waals surface area contributed by atoms with Gasteiger partial charge in [-0.1, -0.05) is 12.1 Å². The highest BCUT2D eigenvalue weighted by Gasteiger charge is 2.21. The zero-order chi connectivity index (χ0) is 22.3. The van der Waals surface area contributed by atoms with Crippen LogP contribution in [-0.4, -0.2) is 72.8 Å². The number of aromatic nitrogens is 3. The lowest BCUT2D eigenvalue weighted by molar-refractivity contribution is 0.102. The smallest absolute Gasteiger partial charge is 0.398 e. The number of carbonyl (C=O) groups excluding carboxylic acids is 1. The topological polar surface area (TPSA) is 83.5 Å². The summed E-state index contributed by atoms with van der Waals surface area (Å²) in [6.07, 6.45) is 7.04. The van der Waals surface area contributed by atoms with E-state index in [9.17, 15) is 4.79 Å². The maximum atomic E-state index is 13.0. The van der Waals surface area contributed by atoms with Gasteiger partial charge in [0.1, 0.15) is 5.69 Å². The summed E-state index contributed by atoms with van der Waals surface area (Å²) in [5.41, 5.74) is 2.77. The molecule has 2 aromatic heterocycles. The zero-order valence-electron chi connectivity index (χ0n) is 18.1. The van der Waals surface area contributed by atoms with Crippen LogP contribution in [0.3, 0.4) is 0 Å². The molecule has 1 saturated heterocycles. The molecule has 4 rings (SSSR count). The van der Waals surface area contributed by atoms with E-state index in [0.717, 1.165) is 42.3 Å². The van der Waals surface area contributed by atoms with E-state index >= 15 is 0 Å². The minimum Gasteiger partial charge on any atom is -0.427 e. The molecule has 1 aliphatic heterocycles. The molecule has 0 atom stereocenters. The lowest BCUT2D eigenvalue weighted by Crippen LogP contribution is -2.48. The molecule has 3 heterocycles. The Bertz CT molecular complexity index is 1060. The average Bonchev–Trinajstić information content (AvgIpc) is 2.85. The summed E-state index contributed by atoms with van der Waals surface area (Å²) in [5.74, 6) is 0.220. The maximum Gasteiger partial charge on any atom is 0.398 e. The minimum atomic E-state index is -0.296. The lowest BCUT2D eigenvalue weighted by atomic mass is 10.1. The van der Waals surface area contributed by atoms with Crippen molar-refractivity contribution in [2.24, 2.45) is 0 Å². The van der Waals surface area contributed by atoms with E-state index in [2.05, 4.69) is 30.0 Å². The molecule has 0 unspecified atom stereocenters. The lowest BCUT2D eigenvalue weighted by Gasteiger charge is -2.36. The molecule has 1 N–H and O–H groups in total. The highest BCUT2D eigenvalue weighted by Crippen LogP contribution is 2.26. The average molecular weight is 447 g/mol. The van der Waals surface area contributed by atoms with E-state index in [4.69, 9.17) is 4.65 Å².